The molecule has 0 aliphatic rings. The Morgan fingerprint density at radius 3 is 1.92 bits per heavy atom. The van der Waals surface area contributed by atoms with Gasteiger partial charge >= 0.3 is 5.97 Å². The molecule has 188 valence electrons. The molecular weight excluding hydrogens is 490 g/mol. The number of amides is 1. The molecule has 0 aromatic heterocycles. The van der Waals surface area contributed by atoms with E-state index in [1.165, 1.54) is 24.3 Å². The summed E-state index contributed by atoms with van der Waals surface area (Å²) >= 11 is 0. The van der Waals surface area contributed by atoms with E-state index in [1.807, 2.05) is 54.6 Å². The Labute approximate surface area is 215 Å². The van der Waals surface area contributed by atoms with Gasteiger partial charge in [-0.3, -0.25) is 4.79 Å². The maximum absolute atomic E-state index is 13.0. The van der Waals surface area contributed by atoms with Crippen LogP contribution in [-0.2, 0) is 21.1 Å². The molecule has 0 aliphatic heterocycles. The van der Waals surface area contributed by atoms with Crippen LogP contribution in [0.15, 0.2) is 102 Å². The third-order valence-corrected chi connectivity index (χ3v) is 7.09. The first-order chi connectivity index (χ1) is 17.6. The number of aromatic hydroxyl groups is 1. The minimum Gasteiger partial charge on any atom is -0.507 e. The third-order valence-electron chi connectivity index (χ3n) is 5.96. The van der Waals surface area contributed by atoms with Gasteiger partial charge in [0.05, 0.1) is 10.5 Å². The lowest BCUT2D eigenvalue weighted by molar-refractivity contribution is -0.139. The van der Waals surface area contributed by atoms with E-state index < -0.39 is 27.8 Å². The number of carbonyl (C=O) groups is 2. The van der Waals surface area contributed by atoms with Crippen LogP contribution in [0.3, 0.4) is 0 Å². The van der Waals surface area contributed by atoms with Crippen LogP contribution in [0.5, 0.6) is 5.75 Å². The summed E-state index contributed by atoms with van der Waals surface area (Å²) < 4.78 is 23.4. The van der Waals surface area contributed by atoms with Crippen molar-refractivity contribution in [1.29, 1.82) is 0 Å². The first-order valence-corrected chi connectivity index (χ1v) is 13.3. The predicted octanol–water partition coefficient (Wildman–Crippen LogP) is 4.56. The number of sulfone groups is 1. The molecule has 0 heterocycles. The Bertz CT molecular complexity index is 1530. The fraction of sp³-hybridized carbons (Fsp3) is 0.103. The number of phenols is 1. The van der Waals surface area contributed by atoms with Crippen LogP contribution in [-0.4, -0.2) is 42.8 Å². The highest BCUT2D eigenvalue weighted by molar-refractivity contribution is 7.90. The lowest BCUT2D eigenvalue weighted by atomic mass is 9.99. The van der Waals surface area contributed by atoms with Gasteiger partial charge in [0.1, 0.15) is 11.8 Å². The van der Waals surface area contributed by atoms with Gasteiger partial charge in [0.15, 0.2) is 9.84 Å². The van der Waals surface area contributed by atoms with Crippen LogP contribution in [0.25, 0.3) is 22.3 Å². The van der Waals surface area contributed by atoms with Crippen molar-refractivity contribution in [3.05, 3.63) is 108 Å². The van der Waals surface area contributed by atoms with Crippen LogP contribution in [0.2, 0.25) is 0 Å². The molecule has 0 radical (unpaired) electrons. The summed E-state index contributed by atoms with van der Waals surface area (Å²) in [7, 11) is -3.35. The molecule has 4 aromatic rings. The largest absolute Gasteiger partial charge is 0.507 e. The molecule has 0 bridgehead atoms. The monoisotopic (exact) mass is 515 g/mol. The fourth-order valence-electron chi connectivity index (χ4n) is 3.93. The van der Waals surface area contributed by atoms with E-state index in [1.54, 1.807) is 18.2 Å². The zero-order valence-corrected chi connectivity index (χ0v) is 20.8. The van der Waals surface area contributed by atoms with Crippen molar-refractivity contribution < 1.29 is 28.2 Å². The Morgan fingerprint density at radius 2 is 1.32 bits per heavy atom. The zero-order chi connectivity index (χ0) is 26.6. The highest BCUT2D eigenvalue weighted by atomic mass is 32.2. The van der Waals surface area contributed by atoms with Gasteiger partial charge in [0, 0.05) is 12.7 Å². The number of rotatable bonds is 8. The summed E-state index contributed by atoms with van der Waals surface area (Å²) in [5.41, 5.74) is 3.87. The van der Waals surface area contributed by atoms with Gasteiger partial charge in [0.25, 0.3) is 5.91 Å². The van der Waals surface area contributed by atoms with Crippen molar-refractivity contribution in [2.75, 3.05) is 6.26 Å². The standard InChI is InChI=1S/C29H25NO6S/c1-37(35,36)24-14-11-22(12-15-24)23-13-16-27(31)25(18-23)28(32)30-26(29(33)34)17-19-7-9-21(10-8-19)20-5-3-2-4-6-20/h2-16,18,26,31H,17H2,1H3,(H,30,32)(H,33,34). The normalized spacial score (nSPS) is 12.0. The molecule has 1 atom stereocenters. The van der Waals surface area contributed by atoms with Crippen LogP contribution >= 0.6 is 0 Å². The number of hydrogen-bond acceptors (Lipinski definition) is 5. The SMILES string of the molecule is CS(=O)(=O)c1ccc(-c2ccc(O)c(C(=O)NC(Cc3ccc(-c4ccccc4)cc3)C(=O)O)c2)cc1. The van der Waals surface area contributed by atoms with Gasteiger partial charge in [-0.05, 0) is 52.1 Å². The van der Waals surface area contributed by atoms with Crippen molar-refractivity contribution in [3.8, 4) is 28.0 Å². The molecule has 3 N–H and O–H groups in total. The van der Waals surface area contributed by atoms with E-state index in [-0.39, 0.29) is 22.6 Å². The number of phenolic OH excluding ortho intramolecular Hbond substituents is 1. The molecule has 0 aliphatic carbocycles. The van der Waals surface area contributed by atoms with Gasteiger partial charge < -0.3 is 15.5 Å². The van der Waals surface area contributed by atoms with E-state index in [4.69, 9.17) is 0 Å². The van der Waals surface area contributed by atoms with Crippen molar-refractivity contribution in [3.63, 3.8) is 0 Å². The Balaban J connectivity index is 1.51. The van der Waals surface area contributed by atoms with Gasteiger partial charge in [-0.25, -0.2) is 13.2 Å². The topological polar surface area (TPSA) is 121 Å². The molecule has 4 rings (SSSR count). The fourth-order valence-corrected chi connectivity index (χ4v) is 4.56. The highest BCUT2D eigenvalue weighted by Gasteiger charge is 2.23. The molecule has 1 unspecified atom stereocenters. The average molecular weight is 516 g/mol. The van der Waals surface area contributed by atoms with Crippen molar-refractivity contribution in [2.24, 2.45) is 0 Å². The maximum Gasteiger partial charge on any atom is 0.326 e. The Hall–Kier alpha value is -4.43. The molecular formula is C29H25NO6S. The minimum atomic E-state index is -3.35. The molecule has 0 spiro atoms. The number of carboxylic acids is 1. The van der Waals surface area contributed by atoms with Gasteiger partial charge in [-0.15, -0.1) is 0 Å². The Morgan fingerprint density at radius 1 is 0.784 bits per heavy atom. The number of benzene rings is 4. The second-order valence-electron chi connectivity index (χ2n) is 8.66. The summed E-state index contributed by atoms with van der Waals surface area (Å²) in [4.78, 5) is 25.0. The van der Waals surface area contributed by atoms with E-state index >= 15 is 0 Å². The second-order valence-corrected chi connectivity index (χ2v) is 10.7. The lowest BCUT2D eigenvalue weighted by Crippen LogP contribution is -2.42. The maximum atomic E-state index is 13.0. The summed E-state index contributed by atoms with van der Waals surface area (Å²) in [6.07, 6.45) is 1.17. The van der Waals surface area contributed by atoms with Gasteiger partial charge in [-0.2, -0.15) is 0 Å². The smallest absolute Gasteiger partial charge is 0.326 e. The molecule has 8 heteroatoms. The number of aliphatic carboxylic acids is 1. The van der Waals surface area contributed by atoms with E-state index in [0.29, 0.717) is 11.1 Å². The molecule has 7 nitrogen and oxygen atoms in total. The summed E-state index contributed by atoms with van der Waals surface area (Å²) in [6, 6.07) is 26.5. The molecule has 0 fully saturated rings. The third kappa shape index (κ3) is 6.23. The van der Waals surface area contributed by atoms with E-state index in [2.05, 4.69) is 5.32 Å². The van der Waals surface area contributed by atoms with Crippen LogP contribution in [0.1, 0.15) is 15.9 Å². The van der Waals surface area contributed by atoms with Crippen molar-refractivity contribution >= 4 is 21.7 Å². The summed E-state index contributed by atoms with van der Waals surface area (Å²) in [5.74, 6) is -2.24. The van der Waals surface area contributed by atoms with Gasteiger partial charge in [0.2, 0.25) is 0 Å². The molecule has 37 heavy (non-hydrogen) atoms. The van der Waals surface area contributed by atoms with Gasteiger partial charge in [-0.1, -0.05) is 72.8 Å². The summed E-state index contributed by atoms with van der Waals surface area (Å²) in [5, 5.41) is 22.5. The zero-order valence-electron chi connectivity index (χ0n) is 20.0. The molecule has 0 saturated carbocycles. The molecule has 1 amide bonds. The molecule has 4 aromatic carbocycles. The van der Waals surface area contributed by atoms with E-state index in [9.17, 15) is 28.2 Å². The van der Waals surface area contributed by atoms with Crippen LogP contribution in [0, 0.1) is 0 Å². The lowest BCUT2D eigenvalue weighted by Gasteiger charge is -2.16. The first-order valence-electron chi connectivity index (χ1n) is 11.4. The van der Waals surface area contributed by atoms with Crippen LogP contribution < -0.4 is 5.32 Å². The number of nitrogens with one attached hydrogen (secondary N) is 1. The van der Waals surface area contributed by atoms with Crippen molar-refractivity contribution in [2.45, 2.75) is 17.4 Å². The number of carboxylic acid groups (broad SMARTS) is 1. The predicted molar refractivity (Wildman–Crippen MR) is 141 cm³/mol. The minimum absolute atomic E-state index is 0.0591. The quantitative estimate of drug-likeness (QED) is 0.317. The first kappa shape index (κ1) is 25.7. The number of hydrogen-bond donors (Lipinski definition) is 3. The van der Waals surface area contributed by atoms with Crippen molar-refractivity contribution in [1.82, 2.24) is 5.32 Å². The summed E-state index contributed by atoms with van der Waals surface area (Å²) in [6.45, 7) is 0. The molecule has 0 saturated heterocycles. The highest BCUT2D eigenvalue weighted by Crippen LogP contribution is 2.27. The van der Waals surface area contributed by atoms with Crippen LogP contribution in [0.4, 0.5) is 0 Å². The number of carbonyl (C=O) groups excluding carboxylic acids is 1. The second kappa shape index (κ2) is 10.7. The Kier molecular flexibility index (Phi) is 7.40. The van der Waals surface area contributed by atoms with E-state index in [0.717, 1.165) is 22.9 Å². The average Bonchev–Trinajstić information content (AvgIpc) is 2.89.